The summed E-state index contributed by atoms with van der Waals surface area (Å²) < 4.78 is 0. The standard InChI is InChI=1S/C14H17N3/c1-10-2-4-13-11(8-10)3-5-14(16-13)17-7-6-12(15)9-17/h2-5,8,12H,6-7,9,15H2,1H3. The molecule has 88 valence electrons. The number of nitrogens with two attached hydrogens (primary N) is 1. The van der Waals surface area contributed by atoms with Crippen molar-refractivity contribution in [1.82, 2.24) is 4.98 Å². The Morgan fingerprint density at radius 1 is 1.29 bits per heavy atom. The molecule has 0 bridgehead atoms. The summed E-state index contributed by atoms with van der Waals surface area (Å²) in [5, 5.41) is 1.21. The quantitative estimate of drug-likeness (QED) is 0.811. The lowest BCUT2D eigenvalue weighted by Crippen LogP contribution is -2.26. The summed E-state index contributed by atoms with van der Waals surface area (Å²) in [4.78, 5) is 6.97. The molecule has 2 N–H and O–H groups in total. The first kappa shape index (κ1) is 10.5. The van der Waals surface area contributed by atoms with E-state index in [0.29, 0.717) is 6.04 Å². The van der Waals surface area contributed by atoms with E-state index in [-0.39, 0.29) is 0 Å². The maximum absolute atomic E-state index is 5.93. The van der Waals surface area contributed by atoms with Crippen LogP contribution < -0.4 is 10.6 Å². The minimum Gasteiger partial charge on any atom is -0.355 e. The molecule has 1 aliphatic heterocycles. The van der Waals surface area contributed by atoms with Crippen LogP contribution in [0.1, 0.15) is 12.0 Å². The first-order chi connectivity index (χ1) is 8.22. The Hall–Kier alpha value is -1.61. The van der Waals surface area contributed by atoms with Gasteiger partial charge in [0, 0.05) is 24.5 Å². The monoisotopic (exact) mass is 227 g/mol. The maximum Gasteiger partial charge on any atom is 0.129 e. The highest BCUT2D eigenvalue weighted by Crippen LogP contribution is 2.21. The van der Waals surface area contributed by atoms with Crippen LogP contribution in [0.3, 0.4) is 0 Å². The van der Waals surface area contributed by atoms with E-state index in [4.69, 9.17) is 10.7 Å². The average Bonchev–Trinajstić information content (AvgIpc) is 2.75. The Balaban J connectivity index is 1.99. The fourth-order valence-electron chi connectivity index (χ4n) is 2.41. The second kappa shape index (κ2) is 4.00. The van der Waals surface area contributed by atoms with E-state index in [2.05, 4.69) is 42.2 Å². The molecule has 0 radical (unpaired) electrons. The van der Waals surface area contributed by atoms with Crippen molar-refractivity contribution in [3.8, 4) is 0 Å². The third kappa shape index (κ3) is 1.98. The smallest absolute Gasteiger partial charge is 0.129 e. The summed E-state index contributed by atoms with van der Waals surface area (Å²) in [7, 11) is 0. The molecule has 1 atom stereocenters. The van der Waals surface area contributed by atoms with E-state index in [1.54, 1.807) is 0 Å². The van der Waals surface area contributed by atoms with Gasteiger partial charge in [-0.05, 0) is 37.6 Å². The van der Waals surface area contributed by atoms with Crippen LogP contribution in [0, 0.1) is 6.92 Å². The van der Waals surface area contributed by atoms with Gasteiger partial charge in [-0.25, -0.2) is 4.98 Å². The Morgan fingerprint density at radius 2 is 2.18 bits per heavy atom. The molecule has 3 heteroatoms. The first-order valence-electron chi connectivity index (χ1n) is 6.10. The Labute approximate surface area is 101 Å². The number of aromatic nitrogens is 1. The van der Waals surface area contributed by atoms with Gasteiger partial charge in [-0.2, -0.15) is 0 Å². The molecule has 0 aliphatic carbocycles. The maximum atomic E-state index is 5.93. The Kier molecular flexibility index (Phi) is 2.48. The average molecular weight is 227 g/mol. The minimum atomic E-state index is 0.297. The minimum absolute atomic E-state index is 0.297. The molecular formula is C14H17N3. The molecule has 0 amide bonds. The van der Waals surface area contributed by atoms with Gasteiger partial charge in [0.2, 0.25) is 0 Å². The Bertz CT molecular complexity index is 550. The normalized spacial score (nSPS) is 20.1. The highest BCUT2D eigenvalue weighted by molar-refractivity contribution is 5.81. The van der Waals surface area contributed by atoms with Crippen LogP contribution in [-0.2, 0) is 0 Å². The van der Waals surface area contributed by atoms with Crippen molar-refractivity contribution in [1.29, 1.82) is 0 Å². The fraction of sp³-hybridized carbons (Fsp3) is 0.357. The summed E-state index contributed by atoms with van der Waals surface area (Å²) in [6.07, 6.45) is 1.06. The summed E-state index contributed by atoms with van der Waals surface area (Å²) in [6.45, 7) is 4.04. The zero-order valence-electron chi connectivity index (χ0n) is 10.1. The van der Waals surface area contributed by atoms with Crippen LogP contribution in [0.4, 0.5) is 5.82 Å². The molecule has 2 heterocycles. The van der Waals surface area contributed by atoms with Crippen LogP contribution in [0.15, 0.2) is 30.3 Å². The molecule has 1 unspecified atom stereocenters. The van der Waals surface area contributed by atoms with Gasteiger partial charge in [0.25, 0.3) is 0 Å². The van der Waals surface area contributed by atoms with Crippen LogP contribution in [0.5, 0.6) is 0 Å². The number of pyridine rings is 1. The van der Waals surface area contributed by atoms with Crippen molar-refractivity contribution in [2.75, 3.05) is 18.0 Å². The van der Waals surface area contributed by atoms with Crippen LogP contribution in [0.25, 0.3) is 10.9 Å². The third-order valence-electron chi connectivity index (χ3n) is 3.38. The van der Waals surface area contributed by atoms with E-state index in [1.807, 2.05) is 0 Å². The number of fused-ring (bicyclic) bond motifs is 1. The number of aryl methyl sites for hydroxylation is 1. The molecule has 0 saturated carbocycles. The highest BCUT2D eigenvalue weighted by Gasteiger charge is 2.20. The molecule has 1 aromatic carbocycles. The van der Waals surface area contributed by atoms with Crippen LogP contribution in [0.2, 0.25) is 0 Å². The van der Waals surface area contributed by atoms with Gasteiger partial charge in [-0.3, -0.25) is 0 Å². The molecule has 1 aromatic heterocycles. The van der Waals surface area contributed by atoms with Crippen LogP contribution >= 0.6 is 0 Å². The van der Waals surface area contributed by atoms with Gasteiger partial charge in [0.05, 0.1) is 5.52 Å². The molecule has 1 aliphatic rings. The predicted octanol–water partition coefficient (Wildman–Crippen LogP) is 2.08. The molecule has 2 aromatic rings. The molecule has 3 rings (SSSR count). The van der Waals surface area contributed by atoms with Crippen LogP contribution in [-0.4, -0.2) is 24.1 Å². The van der Waals surface area contributed by atoms with E-state index >= 15 is 0 Å². The predicted molar refractivity (Wildman–Crippen MR) is 71.3 cm³/mol. The Morgan fingerprint density at radius 3 is 2.94 bits per heavy atom. The second-order valence-corrected chi connectivity index (χ2v) is 4.86. The van der Waals surface area contributed by atoms with Crippen molar-refractivity contribution in [2.24, 2.45) is 5.73 Å². The zero-order chi connectivity index (χ0) is 11.8. The van der Waals surface area contributed by atoms with Gasteiger partial charge in [0.15, 0.2) is 0 Å². The highest BCUT2D eigenvalue weighted by atomic mass is 15.2. The van der Waals surface area contributed by atoms with Crippen molar-refractivity contribution in [3.63, 3.8) is 0 Å². The molecule has 17 heavy (non-hydrogen) atoms. The number of nitrogens with zero attached hydrogens (tertiary/aromatic N) is 2. The summed E-state index contributed by atoms with van der Waals surface area (Å²) in [5.74, 6) is 1.05. The van der Waals surface area contributed by atoms with Gasteiger partial charge < -0.3 is 10.6 Å². The first-order valence-corrected chi connectivity index (χ1v) is 6.10. The largest absolute Gasteiger partial charge is 0.355 e. The molecule has 3 nitrogen and oxygen atoms in total. The van der Waals surface area contributed by atoms with E-state index in [0.717, 1.165) is 30.8 Å². The van der Waals surface area contributed by atoms with Crippen molar-refractivity contribution in [2.45, 2.75) is 19.4 Å². The van der Waals surface area contributed by atoms with E-state index in [9.17, 15) is 0 Å². The van der Waals surface area contributed by atoms with E-state index in [1.165, 1.54) is 10.9 Å². The molecule has 1 saturated heterocycles. The number of anilines is 1. The van der Waals surface area contributed by atoms with Gasteiger partial charge in [-0.1, -0.05) is 11.6 Å². The summed E-state index contributed by atoms with van der Waals surface area (Å²) >= 11 is 0. The van der Waals surface area contributed by atoms with Gasteiger partial charge in [-0.15, -0.1) is 0 Å². The van der Waals surface area contributed by atoms with E-state index < -0.39 is 0 Å². The number of benzene rings is 1. The van der Waals surface area contributed by atoms with Gasteiger partial charge in [0.1, 0.15) is 5.82 Å². The molecule has 0 spiro atoms. The number of hydrogen-bond donors (Lipinski definition) is 1. The lowest BCUT2D eigenvalue weighted by atomic mass is 10.1. The number of rotatable bonds is 1. The third-order valence-corrected chi connectivity index (χ3v) is 3.38. The topological polar surface area (TPSA) is 42.2 Å². The molecule has 1 fully saturated rings. The molecular weight excluding hydrogens is 210 g/mol. The number of hydrogen-bond acceptors (Lipinski definition) is 3. The van der Waals surface area contributed by atoms with Crippen molar-refractivity contribution >= 4 is 16.7 Å². The fourth-order valence-corrected chi connectivity index (χ4v) is 2.41. The SMILES string of the molecule is Cc1ccc2nc(N3CCC(N)C3)ccc2c1. The lowest BCUT2D eigenvalue weighted by molar-refractivity contribution is 0.751. The summed E-state index contributed by atoms with van der Waals surface area (Å²) in [6, 6.07) is 10.9. The lowest BCUT2D eigenvalue weighted by Gasteiger charge is -2.17. The summed E-state index contributed by atoms with van der Waals surface area (Å²) in [5.41, 5.74) is 8.26. The van der Waals surface area contributed by atoms with Crippen molar-refractivity contribution in [3.05, 3.63) is 35.9 Å². The van der Waals surface area contributed by atoms with Gasteiger partial charge >= 0.3 is 0 Å². The second-order valence-electron chi connectivity index (χ2n) is 4.86. The zero-order valence-corrected chi connectivity index (χ0v) is 10.1. The van der Waals surface area contributed by atoms with Crippen molar-refractivity contribution < 1.29 is 0 Å².